The number of rotatable bonds is 8. The summed E-state index contributed by atoms with van der Waals surface area (Å²) in [5.74, 6) is -0.0180. The van der Waals surface area contributed by atoms with E-state index in [0.717, 1.165) is 19.3 Å². The molecule has 4 nitrogen and oxygen atoms in total. The summed E-state index contributed by atoms with van der Waals surface area (Å²) in [5, 5.41) is 15.3. The second kappa shape index (κ2) is 7.63. The van der Waals surface area contributed by atoms with E-state index in [2.05, 4.69) is 10.6 Å². The zero-order valence-electron chi connectivity index (χ0n) is 11.0. The zero-order valence-corrected chi connectivity index (χ0v) is 11.0. The minimum atomic E-state index is -0.350. The summed E-state index contributed by atoms with van der Waals surface area (Å²) >= 11 is 0. The average molecular weight is 230 g/mol. The third kappa shape index (κ3) is 7.65. The van der Waals surface area contributed by atoms with Crippen LogP contribution in [0.5, 0.6) is 0 Å². The highest BCUT2D eigenvalue weighted by Crippen LogP contribution is 2.05. The van der Waals surface area contributed by atoms with Crippen LogP contribution in [0, 0.1) is 0 Å². The molecule has 0 saturated carbocycles. The van der Waals surface area contributed by atoms with Gasteiger partial charge < -0.3 is 15.7 Å². The van der Waals surface area contributed by atoms with Gasteiger partial charge in [-0.1, -0.05) is 20.3 Å². The Kier molecular flexibility index (Phi) is 7.34. The summed E-state index contributed by atoms with van der Waals surface area (Å²) in [6.45, 7) is 8.81. The predicted octanol–water partition coefficient (Wildman–Crippen LogP) is 1.04. The lowest BCUT2D eigenvalue weighted by Crippen LogP contribution is -2.47. The molecule has 0 heterocycles. The Hall–Kier alpha value is -0.610. The molecule has 0 aliphatic carbocycles. The normalized spacial score (nSPS) is 13.6. The summed E-state index contributed by atoms with van der Waals surface area (Å²) in [6.07, 6.45) is 2.28. The van der Waals surface area contributed by atoms with Gasteiger partial charge in [0.15, 0.2) is 0 Å². The molecule has 16 heavy (non-hydrogen) atoms. The summed E-state index contributed by atoms with van der Waals surface area (Å²) in [7, 11) is 0. The first-order chi connectivity index (χ1) is 7.41. The first-order valence-corrected chi connectivity index (χ1v) is 6.11. The number of hydrogen-bond donors (Lipinski definition) is 3. The molecule has 4 heteroatoms. The van der Waals surface area contributed by atoms with Crippen LogP contribution >= 0.6 is 0 Å². The monoisotopic (exact) mass is 230 g/mol. The largest absolute Gasteiger partial charge is 0.392 e. The Labute approximate surface area is 98.8 Å². The van der Waals surface area contributed by atoms with Crippen molar-refractivity contribution >= 4 is 5.91 Å². The maximum atomic E-state index is 11.5. The number of carbonyl (C=O) groups is 1. The molecule has 0 aliphatic heterocycles. The molecule has 1 unspecified atom stereocenters. The van der Waals surface area contributed by atoms with Crippen LogP contribution in [0.15, 0.2) is 0 Å². The third-order valence-corrected chi connectivity index (χ3v) is 2.65. The zero-order chi connectivity index (χ0) is 12.6. The van der Waals surface area contributed by atoms with Crippen molar-refractivity contribution in [2.45, 2.75) is 58.6 Å². The third-order valence-electron chi connectivity index (χ3n) is 2.65. The number of aliphatic hydroxyl groups is 1. The molecule has 0 bridgehead atoms. The lowest BCUT2D eigenvalue weighted by molar-refractivity contribution is -0.121. The van der Waals surface area contributed by atoms with E-state index in [1.165, 1.54) is 0 Å². The van der Waals surface area contributed by atoms with Crippen molar-refractivity contribution in [3.63, 3.8) is 0 Å². The average Bonchev–Trinajstić information content (AvgIpc) is 2.17. The van der Waals surface area contributed by atoms with E-state index < -0.39 is 0 Å². The van der Waals surface area contributed by atoms with Crippen molar-refractivity contribution in [2.24, 2.45) is 0 Å². The number of aliphatic hydroxyl groups excluding tert-OH is 1. The lowest BCUT2D eigenvalue weighted by atomic mass is 10.0. The van der Waals surface area contributed by atoms with Crippen molar-refractivity contribution in [1.29, 1.82) is 0 Å². The lowest BCUT2D eigenvalue weighted by Gasteiger charge is -2.24. The van der Waals surface area contributed by atoms with Crippen molar-refractivity contribution in [3.8, 4) is 0 Å². The Bertz CT molecular complexity index is 205. The SMILES string of the molecule is CCCC(O)CNCC(=O)NC(C)(C)CC. The second-order valence-electron chi connectivity index (χ2n) is 4.86. The molecule has 0 saturated heterocycles. The number of nitrogens with one attached hydrogen (secondary N) is 2. The van der Waals surface area contributed by atoms with Gasteiger partial charge in [-0.2, -0.15) is 0 Å². The van der Waals surface area contributed by atoms with Gasteiger partial charge in [0.05, 0.1) is 12.6 Å². The van der Waals surface area contributed by atoms with Crippen molar-refractivity contribution in [1.82, 2.24) is 10.6 Å². The summed E-state index contributed by atoms with van der Waals surface area (Å²) in [5.41, 5.74) is -0.152. The Morgan fingerprint density at radius 1 is 1.38 bits per heavy atom. The van der Waals surface area contributed by atoms with E-state index in [0.29, 0.717) is 6.54 Å². The standard InChI is InChI=1S/C12H26N2O2/c1-5-7-10(15)8-13-9-11(16)14-12(3,4)6-2/h10,13,15H,5-9H2,1-4H3,(H,14,16). The van der Waals surface area contributed by atoms with Gasteiger partial charge in [0, 0.05) is 12.1 Å². The van der Waals surface area contributed by atoms with Crippen LogP contribution in [0.3, 0.4) is 0 Å². The topological polar surface area (TPSA) is 61.4 Å². The summed E-state index contributed by atoms with van der Waals surface area (Å²) in [4.78, 5) is 11.5. The highest BCUT2D eigenvalue weighted by Gasteiger charge is 2.17. The van der Waals surface area contributed by atoms with Crippen LogP contribution in [0.2, 0.25) is 0 Å². The Morgan fingerprint density at radius 2 is 2.00 bits per heavy atom. The van der Waals surface area contributed by atoms with Crippen LogP contribution in [0.25, 0.3) is 0 Å². The molecule has 1 amide bonds. The molecule has 0 spiro atoms. The maximum absolute atomic E-state index is 11.5. The molecule has 96 valence electrons. The quantitative estimate of drug-likeness (QED) is 0.584. The van der Waals surface area contributed by atoms with Gasteiger partial charge in [-0.15, -0.1) is 0 Å². The molecule has 1 atom stereocenters. The molecule has 0 aromatic heterocycles. The molecule has 3 N–H and O–H groups in total. The molecule has 0 rings (SSSR count). The smallest absolute Gasteiger partial charge is 0.234 e. The van der Waals surface area contributed by atoms with E-state index in [9.17, 15) is 9.90 Å². The van der Waals surface area contributed by atoms with E-state index in [-0.39, 0.29) is 24.1 Å². The van der Waals surface area contributed by atoms with Crippen LogP contribution in [-0.2, 0) is 4.79 Å². The molecular weight excluding hydrogens is 204 g/mol. The van der Waals surface area contributed by atoms with Crippen molar-refractivity contribution < 1.29 is 9.90 Å². The van der Waals surface area contributed by atoms with Gasteiger partial charge in [-0.3, -0.25) is 4.79 Å². The molecule has 0 aromatic carbocycles. The van der Waals surface area contributed by atoms with Crippen molar-refractivity contribution in [3.05, 3.63) is 0 Å². The van der Waals surface area contributed by atoms with E-state index in [4.69, 9.17) is 0 Å². The van der Waals surface area contributed by atoms with E-state index >= 15 is 0 Å². The highest BCUT2D eigenvalue weighted by atomic mass is 16.3. The van der Waals surface area contributed by atoms with Crippen LogP contribution in [0.1, 0.15) is 47.0 Å². The van der Waals surface area contributed by atoms with E-state index in [1.54, 1.807) is 0 Å². The molecular formula is C12H26N2O2. The van der Waals surface area contributed by atoms with Gasteiger partial charge in [0.2, 0.25) is 5.91 Å². The summed E-state index contributed by atoms with van der Waals surface area (Å²) < 4.78 is 0. The highest BCUT2D eigenvalue weighted by molar-refractivity contribution is 5.78. The molecule has 0 fully saturated rings. The number of amides is 1. The summed E-state index contributed by atoms with van der Waals surface area (Å²) in [6, 6.07) is 0. The van der Waals surface area contributed by atoms with Crippen molar-refractivity contribution in [2.75, 3.05) is 13.1 Å². The number of hydrogen-bond acceptors (Lipinski definition) is 3. The van der Waals surface area contributed by atoms with E-state index in [1.807, 2.05) is 27.7 Å². The fourth-order valence-electron chi connectivity index (χ4n) is 1.30. The fourth-order valence-corrected chi connectivity index (χ4v) is 1.30. The van der Waals surface area contributed by atoms with Gasteiger partial charge >= 0.3 is 0 Å². The van der Waals surface area contributed by atoms with Gasteiger partial charge in [-0.05, 0) is 26.7 Å². The first-order valence-electron chi connectivity index (χ1n) is 6.11. The fraction of sp³-hybridized carbons (Fsp3) is 0.917. The Balaban J connectivity index is 3.66. The maximum Gasteiger partial charge on any atom is 0.234 e. The number of carbonyl (C=O) groups excluding carboxylic acids is 1. The van der Waals surface area contributed by atoms with Crippen LogP contribution in [-0.4, -0.2) is 35.7 Å². The van der Waals surface area contributed by atoms with Crippen LogP contribution in [0.4, 0.5) is 0 Å². The van der Waals surface area contributed by atoms with Gasteiger partial charge in [-0.25, -0.2) is 0 Å². The van der Waals surface area contributed by atoms with Gasteiger partial charge in [0.1, 0.15) is 0 Å². The predicted molar refractivity (Wildman–Crippen MR) is 66.3 cm³/mol. The minimum absolute atomic E-state index is 0.0180. The van der Waals surface area contributed by atoms with Crippen LogP contribution < -0.4 is 10.6 Å². The van der Waals surface area contributed by atoms with Gasteiger partial charge in [0.25, 0.3) is 0 Å². The molecule has 0 radical (unpaired) electrons. The second-order valence-corrected chi connectivity index (χ2v) is 4.86. The molecule has 0 aliphatic rings. The molecule has 0 aromatic rings. The minimum Gasteiger partial charge on any atom is -0.392 e. The Morgan fingerprint density at radius 3 is 2.50 bits per heavy atom. The first kappa shape index (κ1) is 15.4.